The third kappa shape index (κ3) is 0.991. The molecule has 0 saturated heterocycles. The van der Waals surface area contributed by atoms with Crippen molar-refractivity contribution >= 4 is 0 Å². The van der Waals surface area contributed by atoms with E-state index in [4.69, 9.17) is 5.26 Å². The minimum absolute atomic E-state index is 0.278. The number of nitrogens with zero attached hydrogens (tertiary/aromatic N) is 1. The van der Waals surface area contributed by atoms with Crippen molar-refractivity contribution in [3.8, 4) is 6.07 Å². The van der Waals surface area contributed by atoms with E-state index in [0.29, 0.717) is 0 Å². The van der Waals surface area contributed by atoms with E-state index in [2.05, 4.69) is 24.3 Å². The number of hydrogen-bond donors (Lipinski definition) is 0. The van der Waals surface area contributed by atoms with Crippen molar-refractivity contribution in [2.45, 2.75) is 19.3 Å². The molecule has 0 N–H and O–H groups in total. The van der Waals surface area contributed by atoms with Crippen LogP contribution in [0.3, 0.4) is 0 Å². The predicted molar refractivity (Wildman–Crippen MR) is 43.7 cm³/mol. The van der Waals surface area contributed by atoms with Gasteiger partial charge in [-0.25, -0.2) is 0 Å². The summed E-state index contributed by atoms with van der Waals surface area (Å²) in [6.45, 7) is 0. The molecule has 0 amide bonds. The molecule has 0 radical (unpaired) electrons. The fourth-order valence-electron chi connectivity index (χ4n) is 2.20. The highest BCUT2D eigenvalue weighted by Crippen LogP contribution is 2.49. The van der Waals surface area contributed by atoms with E-state index in [-0.39, 0.29) is 5.41 Å². The van der Waals surface area contributed by atoms with E-state index in [0.717, 1.165) is 5.92 Å². The second-order valence-corrected chi connectivity index (χ2v) is 3.56. The van der Waals surface area contributed by atoms with Gasteiger partial charge in [-0.2, -0.15) is 5.26 Å². The van der Waals surface area contributed by atoms with Crippen molar-refractivity contribution in [2.75, 3.05) is 0 Å². The lowest BCUT2D eigenvalue weighted by Gasteiger charge is -2.16. The van der Waals surface area contributed by atoms with Crippen molar-refractivity contribution in [1.29, 1.82) is 5.26 Å². The number of fused-ring (bicyclic) bond motifs is 2. The predicted octanol–water partition coefficient (Wildman–Crippen LogP) is 2.42. The monoisotopic (exact) mass is 145 g/mol. The maximum Gasteiger partial charge on any atom is 0.0909 e. The zero-order valence-electron chi connectivity index (χ0n) is 6.46. The van der Waals surface area contributed by atoms with Gasteiger partial charge in [-0.1, -0.05) is 18.2 Å². The van der Waals surface area contributed by atoms with Gasteiger partial charge in [0, 0.05) is 11.5 Å². The molecule has 2 bridgehead atoms. The molecular formula is C10H11N. The molecule has 2 aliphatic rings. The molecule has 0 heterocycles. The van der Waals surface area contributed by atoms with Gasteiger partial charge in [0.2, 0.25) is 0 Å². The number of allylic oxidation sites excluding steroid dienone is 4. The molecule has 1 saturated carbocycles. The molecule has 0 aromatic heterocycles. The third-order valence-electron chi connectivity index (χ3n) is 2.81. The lowest BCUT2D eigenvalue weighted by molar-refractivity contribution is 0.524. The molecule has 0 aliphatic heterocycles. The van der Waals surface area contributed by atoms with Crippen LogP contribution in [0.4, 0.5) is 0 Å². The highest BCUT2D eigenvalue weighted by Gasteiger charge is 2.38. The van der Waals surface area contributed by atoms with E-state index in [1.165, 1.54) is 19.3 Å². The molecule has 2 aliphatic carbocycles. The highest BCUT2D eigenvalue weighted by atomic mass is 14.4. The Balaban J connectivity index is 2.19. The summed E-state index contributed by atoms with van der Waals surface area (Å²) in [5.74, 6) is 0.804. The quantitative estimate of drug-likeness (QED) is 0.410. The maximum atomic E-state index is 8.39. The first kappa shape index (κ1) is 6.67. The zero-order valence-corrected chi connectivity index (χ0v) is 6.46. The Morgan fingerprint density at radius 2 is 2.55 bits per heavy atom. The Bertz CT molecular complexity index is 257. The molecule has 1 fully saturated rings. The van der Waals surface area contributed by atoms with Gasteiger partial charge in [-0.05, 0) is 25.2 Å². The summed E-state index contributed by atoms with van der Waals surface area (Å²) in [5, 5.41) is 8.39. The van der Waals surface area contributed by atoms with Gasteiger partial charge >= 0.3 is 0 Å². The smallest absolute Gasteiger partial charge is 0.0909 e. The SMILES string of the molecule is N#CC=CC12C=CC(CC1)C2. The Hall–Kier alpha value is -1.03. The van der Waals surface area contributed by atoms with Crippen molar-refractivity contribution in [3.63, 3.8) is 0 Å². The molecule has 1 heteroatoms. The van der Waals surface area contributed by atoms with Crippen LogP contribution in [0.25, 0.3) is 0 Å². The van der Waals surface area contributed by atoms with E-state index in [1.807, 2.05) is 0 Å². The number of hydrogen-bond acceptors (Lipinski definition) is 1. The van der Waals surface area contributed by atoms with Crippen molar-refractivity contribution in [1.82, 2.24) is 0 Å². The van der Waals surface area contributed by atoms with E-state index < -0.39 is 0 Å². The molecule has 1 nitrogen and oxygen atoms in total. The second kappa shape index (κ2) is 2.23. The van der Waals surface area contributed by atoms with Crippen molar-refractivity contribution in [3.05, 3.63) is 24.3 Å². The molecule has 0 aromatic rings. The first-order chi connectivity index (χ1) is 5.35. The summed E-state index contributed by atoms with van der Waals surface area (Å²) in [6, 6.07) is 2.06. The summed E-state index contributed by atoms with van der Waals surface area (Å²) < 4.78 is 0. The minimum atomic E-state index is 0.278. The Morgan fingerprint density at radius 3 is 3.00 bits per heavy atom. The lowest BCUT2D eigenvalue weighted by Crippen LogP contribution is -2.05. The van der Waals surface area contributed by atoms with Crippen LogP contribution in [0.1, 0.15) is 19.3 Å². The summed E-state index contributed by atoms with van der Waals surface area (Å²) >= 11 is 0. The molecule has 2 atom stereocenters. The average Bonchev–Trinajstić information content (AvgIpc) is 2.60. The van der Waals surface area contributed by atoms with Crippen LogP contribution < -0.4 is 0 Å². The van der Waals surface area contributed by atoms with E-state index >= 15 is 0 Å². The normalized spacial score (nSPS) is 40.1. The van der Waals surface area contributed by atoms with Gasteiger partial charge in [0.15, 0.2) is 0 Å². The van der Waals surface area contributed by atoms with Crippen LogP contribution in [-0.4, -0.2) is 0 Å². The molecular weight excluding hydrogens is 134 g/mol. The topological polar surface area (TPSA) is 23.8 Å². The molecule has 11 heavy (non-hydrogen) atoms. The average molecular weight is 145 g/mol. The van der Waals surface area contributed by atoms with Crippen LogP contribution in [-0.2, 0) is 0 Å². The second-order valence-electron chi connectivity index (χ2n) is 3.56. The summed E-state index contributed by atoms with van der Waals surface area (Å²) in [5.41, 5.74) is 0.278. The van der Waals surface area contributed by atoms with Gasteiger partial charge in [-0.3, -0.25) is 0 Å². The van der Waals surface area contributed by atoms with Crippen LogP contribution in [0.5, 0.6) is 0 Å². The molecule has 0 spiro atoms. The first-order valence-electron chi connectivity index (χ1n) is 4.11. The largest absolute Gasteiger partial charge is 0.193 e. The molecule has 2 unspecified atom stereocenters. The van der Waals surface area contributed by atoms with E-state index in [1.54, 1.807) is 6.08 Å². The Kier molecular flexibility index (Phi) is 1.35. The zero-order chi connectivity index (χ0) is 7.73. The van der Waals surface area contributed by atoms with Crippen LogP contribution in [0.15, 0.2) is 24.3 Å². The summed E-state index contributed by atoms with van der Waals surface area (Å²) in [4.78, 5) is 0. The third-order valence-corrected chi connectivity index (χ3v) is 2.81. The standard InChI is InChI=1S/C10H11N/c11-7-1-4-10-5-2-9(8-10)3-6-10/h1-2,4-5,9H,3,6,8H2. The van der Waals surface area contributed by atoms with Gasteiger partial charge in [0.05, 0.1) is 6.07 Å². The Labute approximate surface area is 67.0 Å². The van der Waals surface area contributed by atoms with Gasteiger partial charge in [-0.15, -0.1) is 0 Å². The lowest BCUT2D eigenvalue weighted by atomic mass is 9.87. The first-order valence-corrected chi connectivity index (χ1v) is 4.11. The van der Waals surface area contributed by atoms with Crippen molar-refractivity contribution < 1.29 is 0 Å². The Morgan fingerprint density at radius 1 is 1.64 bits per heavy atom. The summed E-state index contributed by atoms with van der Waals surface area (Å²) in [6.07, 6.45) is 12.1. The van der Waals surface area contributed by atoms with Crippen LogP contribution >= 0.6 is 0 Å². The minimum Gasteiger partial charge on any atom is -0.193 e. The van der Waals surface area contributed by atoms with Gasteiger partial charge < -0.3 is 0 Å². The van der Waals surface area contributed by atoms with Gasteiger partial charge in [0.1, 0.15) is 0 Å². The fraction of sp³-hybridized carbons (Fsp3) is 0.500. The summed E-state index contributed by atoms with van der Waals surface area (Å²) in [7, 11) is 0. The van der Waals surface area contributed by atoms with Crippen LogP contribution in [0, 0.1) is 22.7 Å². The van der Waals surface area contributed by atoms with Gasteiger partial charge in [0.25, 0.3) is 0 Å². The fourth-order valence-corrected chi connectivity index (χ4v) is 2.20. The highest BCUT2D eigenvalue weighted by molar-refractivity contribution is 5.25. The number of nitriles is 1. The maximum absolute atomic E-state index is 8.39. The van der Waals surface area contributed by atoms with E-state index in [9.17, 15) is 0 Å². The molecule has 0 aromatic carbocycles. The van der Waals surface area contributed by atoms with Crippen molar-refractivity contribution in [2.24, 2.45) is 11.3 Å². The molecule has 56 valence electrons. The molecule has 2 rings (SSSR count). The van der Waals surface area contributed by atoms with Crippen LogP contribution in [0.2, 0.25) is 0 Å². The number of rotatable bonds is 1.